The van der Waals surface area contributed by atoms with Gasteiger partial charge >= 0.3 is 6.03 Å². The van der Waals surface area contributed by atoms with Gasteiger partial charge < -0.3 is 11.1 Å². The number of urea groups is 1. The summed E-state index contributed by atoms with van der Waals surface area (Å²) in [6.45, 7) is 3.61. The fourth-order valence-electron chi connectivity index (χ4n) is 2.43. The lowest BCUT2D eigenvalue weighted by atomic mass is 9.99. The van der Waals surface area contributed by atoms with Gasteiger partial charge in [-0.05, 0) is 41.6 Å². The van der Waals surface area contributed by atoms with Gasteiger partial charge in [-0.15, -0.1) is 11.3 Å². The Labute approximate surface area is 178 Å². The van der Waals surface area contributed by atoms with Gasteiger partial charge in [0.15, 0.2) is 0 Å². The first-order valence-corrected chi connectivity index (χ1v) is 11.3. The highest BCUT2D eigenvalue weighted by Crippen LogP contribution is 2.20. The molecule has 0 saturated carbocycles. The van der Waals surface area contributed by atoms with E-state index in [9.17, 15) is 22.8 Å². The molecule has 0 bridgehead atoms. The highest BCUT2D eigenvalue weighted by Gasteiger charge is 2.25. The Kier molecular flexibility index (Phi) is 7.78. The maximum absolute atomic E-state index is 12.3. The van der Waals surface area contributed by atoms with Gasteiger partial charge in [0.1, 0.15) is 10.3 Å². The minimum absolute atomic E-state index is 0.174. The molecule has 2 atom stereocenters. The minimum Gasteiger partial charge on any atom is -0.352 e. The van der Waals surface area contributed by atoms with E-state index in [1.165, 1.54) is 30.3 Å². The third kappa shape index (κ3) is 6.19. The number of nitrogens with two attached hydrogens (primary N) is 1. The standard InChI is InChI=1S/C18H23N5O5S2/c1-3-11(2)15(20-18(19)26)17(25)22-21-16(24)12-6-8-13(9-7-12)23-30(27,28)14-5-4-10-29-14/h4-11,15,23H,3H2,1-2H3,(H,21,24)(H,22,25)(H3,19,20,26)/t11-,15+/m0/s1. The number of benzene rings is 1. The van der Waals surface area contributed by atoms with Crippen molar-refractivity contribution in [2.75, 3.05) is 4.72 Å². The first-order valence-electron chi connectivity index (χ1n) is 8.96. The van der Waals surface area contributed by atoms with Crippen molar-refractivity contribution in [2.45, 2.75) is 30.5 Å². The summed E-state index contributed by atoms with van der Waals surface area (Å²) in [5, 5.41) is 4.00. The zero-order valence-electron chi connectivity index (χ0n) is 16.3. The second-order valence-electron chi connectivity index (χ2n) is 6.43. The number of primary amides is 1. The first-order chi connectivity index (χ1) is 14.1. The van der Waals surface area contributed by atoms with E-state index in [1.807, 2.05) is 6.92 Å². The lowest BCUT2D eigenvalue weighted by Crippen LogP contribution is -2.55. The summed E-state index contributed by atoms with van der Waals surface area (Å²) in [5.74, 6) is -1.43. The van der Waals surface area contributed by atoms with Crippen molar-refractivity contribution in [3.8, 4) is 0 Å². The predicted octanol–water partition coefficient (Wildman–Crippen LogP) is 1.39. The summed E-state index contributed by atoms with van der Waals surface area (Å²) >= 11 is 1.09. The highest BCUT2D eigenvalue weighted by atomic mass is 32.2. The third-order valence-electron chi connectivity index (χ3n) is 4.25. The number of nitrogens with one attached hydrogen (secondary N) is 4. The molecule has 0 aliphatic carbocycles. The number of carbonyl (C=O) groups is 3. The van der Waals surface area contributed by atoms with Crippen LogP contribution >= 0.6 is 11.3 Å². The van der Waals surface area contributed by atoms with Gasteiger partial charge in [-0.2, -0.15) is 0 Å². The number of sulfonamides is 1. The number of rotatable bonds is 8. The summed E-state index contributed by atoms with van der Waals surface area (Å²) in [5.41, 5.74) is 10.1. The van der Waals surface area contributed by atoms with Gasteiger partial charge in [-0.3, -0.25) is 25.2 Å². The summed E-state index contributed by atoms with van der Waals surface area (Å²) in [6.07, 6.45) is 0.606. The third-order valence-corrected chi connectivity index (χ3v) is 7.03. The maximum Gasteiger partial charge on any atom is 0.312 e. The molecular weight excluding hydrogens is 430 g/mol. The molecule has 1 aromatic heterocycles. The normalized spacial score (nSPS) is 13.0. The van der Waals surface area contributed by atoms with Crippen molar-refractivity contribution in [3.63, 3.8) is 0 Å². The molecule has 2 rings (SSSR count). The molecule has 12 heteroatoms. The minimum atomic E-state index is -3.69. The average Bonchev–Trinajstić information content (AvgIpc) is 3.25. The van der Waals surface area contributed by atoms with E-state index in [0.29, 0.717) is 6.42 Å². The van der Waals surface area contributed by atoms with Crippen molar-refractivity contribution >= 4 is 44.9 Å². The number of thiophene rings is 1. The van der Waals surface area contributed by atoms with Crippen molar-refractivity contribution in [3.05, 3.63) is 47.3 Å². The van der Waals surface area contributed by atoms with Gasteiger partial charge in [0.25, 0.3) is 21.8 Å². The van der Waals surface area contributed by atoms with Crippen LogP contribution in [0.25, 0.3) is 0 Å². The number of anilines is 1. The summed E-state index contributed by atoms with van der Waals surface area (Å²) in [6, 6.07) is 7.03. The Bertz CT molecular complexity index is 990. The molecule has 1 heterocycles. The molecular formula is C18H23N5O5S2. The van der Waals surface area contributed by atoms with Crippen LogP contribution in [-0.4, -0.2) is 32.3 Å². The SMILES string of the molecule is CC[C@H](C)[C@@H](NC(N)=O)C(=O)NNC(=O)c1ccc(NS(=O)(=O)c2cccs2)cc1. The van der Waals surface area contributed by atoms with Crippen LogP contribution in [0, 0.1) is 5.92 Å². The van der Waals surface area contributed by atoms with E-state index in [-0.39, 0.29) is 21.4 Å². The summed E-state index contributed by atoms with van der Waals surface area (Å²) in [7, 11) is -3.69. The maximum atomic E-state index is 12.3. The largest absolute Gasteiger partial charge is 0.352 e. The molecule has 0 spiro atoms. The van der Waals surface area contributed by atoms with Crippen molar-refractivity contribution in [1.82, 2.24) is 16.2 Å². The van der Waals surface area contributed by atoms with Crippen LogP contribution in [0.4, 0.5) is 10.5 Å². The van der Waals surface area contributed by atoms with Crippen LogP contribution in [0.15, 0.2) is 46.0 Å². The van der Waals surface area contributed by atoms with Gasteiger partial charge in [-0.25, -0.2) is 13.2 Å². The van der Waals surface area contributed by atoms with Crippen molar-refractivity contribution in [2.24, 2.45) is 11.7 Å². The second-order valence-corrected chi connectivity index (χ2v) is 9.29. The molecule has 1 aromatic carbocycles. The van der Waals surface area contributed by atoms with Crippen LogP contribution in [0.1, 0.15) is 30.6 Å². The lowest BCUT2D eigenvalue weighted by molar-refractivity contribution is -0.124. The molecule has 0 aliphatic heterocycles. The Morgan fingerprint density at radius 1 is 1.10 bits per heavy atom. The van der Waals surface area contributed by atoms with Crippen molar-refractivity contribution < 1.29 is 22.8 Å². The number of carbonyl (C=O) groups excluding carboxylic acids is 3. The van der Waals surface area contributed by atoms with E-state index >= 15 is 0 Å². The second kappa shape index (κ2) is 10.1. The van der Waals surface area contributed by atoms with E-state index in [0.717, 1.165) is 11.3 Å². The van der Waals surface area contributed by atoms with E-state index < -0.39 is 33.9 Å². The summed E-state index contributed by atoms with van der Waals surface area (Å²) < 4.78 is 27.0. The van der Waals surface area contributed by atoms with Gasteiger partial charge in [0.2, 0.25) is 0 Å². The van der Waals surface area contributed by atoms with Crippen LogP contribution in [-0.2, 0) is 14.8 Å². The van der Waals surface area contributed by atoms with Gasteiger partial charge in [-0.1, -0.05) is 26.3 Å². The Morgan fingerprint density at radius 3 is 2.30 bits per heavy atom. The van der Waals surface area contributed by atoms with E-state index in [4.69, 9.17) is 5.73 Å². The van der Waals surface area contributed by atoms with Crippen molar-refractivity contribution in [1.29, 1.82) is 0 Å². The molecule has 0 radical (unpaired) electrons. The number of hydrogen-bond acceptors (Lipinski definition) is 6. The van der Waals surface area contributed by atoms with Crippen LogP contribution in [0.2, 0.25) is 0 Å². The molecule has 162 valence electrons. The smallest absolute Gasteiger partial charge is 0.312 e. The zero-order chi connectivity index (χ0) is 22.3. The topological polar surface area (TPSA) is 159 Å². The van der Waals surface area contributed by atoms with E-state index in [2.05, 4.69) is 20.9 Å². The zero-order valence-corrected chi connectivity index (χ0v) is 18.0. The fourth-order valence-corrected chi connectivity index (χ4v) is 4.49. The predicted molar refractivity (Wildman–Crippen MR) is 113 cm³/mol. The van der Waals surface area contributed by atoms with E-state index in [1.54, 1.807) is 18.4 Å². The molecule has 6 N–H and O–H groups in total. The quantitative estimate of drug-likeness (QED) is 0.381. The Hall–Kier alpha value is -3.12. The average molecular weight is 454 g/mol. The molecule has 0 unspecified atom stereocenters. The molecule has 30 heavy (non-hydrogen) atoms. The van der Waals surface area contributed by atoms with Gasteiger partial charge in [0, 0.05) is 11.3 Å². The number of hydrogen-bond donors (Lipinski definition) is 5. The van der Waals surface area contributed by atoms with Crippen LogP contribution < -0.4 is 26.6 Å². The number of hydrazine groups is 1. The molecule has 0 fully saturated rings. The molecule has 0 saturated heterocycles. The Morgan fingerprint density at radius 2 is 1.77 bits per heavy atom. The Balaban J connectivity index is 1.97. The van der Waals surface area contributed by atoms with Crippen LogP contribution in [0.3, 0.4) is 0 Å². The molecule has 10 nitrogen and oxygen atoms in total. The molecule has 0 aliphatic rings. The van der Waals surface area contributed by atoms with Gasteiger partial charge in [0.05, 0.1) is 0 Å². The molecule has 4 amide bonds. The fraction of sp³-hybridized carbons (Fsp3) is 0.278. The summed E-state index contributed by atoms with van der Waals surface area (Å²) in [4.78, 5) is 35.6. The number of amides is 4. The highest BCUT2D eigenvalue weighted by molar-refractivity contribution is 7.94. The lowest BCUT2D eigenvalue weighted by Gasteiger charge is -2.22. The first kappa shape index (κ1) is 23.2. The molecule has 2 aromatic rings. The monoisotopic (exact) mass is 453 g/mol. The van der Waals surface area contributed by atoms with Crippen LogP contribution in [0.5, 0.6) is 0 Å².